The smallest absolute Gasteiger partial charge is 0.248 e. The molecule has 3 nitrogen and oxygen atoms in total. The lowest BCUT2D eigenvalue weighted by atomic mass is 10.3. The van der Waals surface area contributed by atoms with E-state index in [1.54, 1.807) is 0 Å². The molecular weight excluding hydrogens is 178 g/mol. The highest BCUT2D eigenvalue weighted by Crippen LogP contribution is 2.26. The Bertz CT molecular complexity index is 188. The SMILES string of the molecule is CCCN(C(=O)COC(C)C)C1CC1. The molecule has 3 heteroatoms. The number of ether oxygens (including phenoxy) is 1. The van der Waals surface area contributed by atoms with Gasteiger partial charge in [-0.05, 0) is 33.1 Å². The van der Waals surface area contributed by atoms with Gasteiger partial charge >= 0.3 is 0 Å². The van der Waals surface area contributed by atoms with Crippen LogP contribution < -0.4 is 0 Å². The summed E-state index contributed by atoms with van der Waals surface area (Å²) >= 11 is 0. The number of hydrogen-bond acceptors (Lipinski definition) is 2. The molecule has 0 radical (unpaired) electrons. The molecule has 82 valence electrons. The summed E-state index contributed by atoms with van der Waals surface area (Å²) in [6.45, 7) is 7.13. The lowest BCUT2D eigenvalue weighted by molar-refractivity contribution is -0.138. The Labute approximate surface area is 86.4 Å². The molecule has 0 spiro atoms. The van der Waals surface area contributed by atoms with Crippen LogP contribution in [0.4, 0.5) is 0 Å². The number of rotatable bonds is 6. The highest BCUT2D eigenvalue weighted by atomic mass is 16.5. The van der Waals surface area contributed by atoms with Gasteiger partial charge in [0.2, 0.25) is 5.91 Å². The minimum atomic E-state index is 0.140. The van der Waals surface area contributed by atoms with Crippen LogP contribution in [0.3, 0.4) is 0 Å². The van der Waals surface area contributed by atoms with Crippen molar-refractivity contribution in [2.24, 2.45) is 0 Å². The van der Waals surface area contributed by atoms with Crippen molar-refractivity contribution in [3.05, 3.63) is 0 Å². The van der Waals surface area contributed by atoms with Crippen LogP contribution in [-0.2, 0) is 9.53 Å². The first-order valence-electron chi connectivity index (χ1n) is 5.56. The maximum atomic E-state index is 11.7. The third kappa shape index (κ3) is 3.66. The van der Waals surface area contributed by atoms with Gasteiger partial charge in [-0.1, -0.05) is 6.92 Å². The van der Waals surface area contributed by atoms with Gasteiger partial charge in [0.1, 0.15) is 6.61 Å². The molecule has 0 N–H and O–H groups in total. The summed E-state index contributed by atoms with van der Waals surface area (Å²) in [7, 11) is 0. The third-order valence-electron chi connectivity index (χ3n) is 2.31. The Balaban J connectivity index is 2.30. The molecule has 0 saturated heterocycles. The van der Waals surface area contributed by atoms with Gasteiger partial charge in [0.15, 0.2) is 0 Å². The highest BCUT2D eigenvalue weighted by Gasteiger charge is 2.31. The first kappa shape index (κ1) is 11.5. The van der Waals surface area contributed by atoms with Crippen LogP contribution >= 0.6 is 0 Å². The second-order valence-corrected chi connectivity index (χ2v) is 4.18. The van der Waals surface area contributed by atoms with E-state index in [-0.39, 0.29) is 18.6 Å². The largest absolute Gasteiger partial charge is 0.369 e. The lowest BCUT2D eigenvalue weighted by Gasteiger charge is -2.22. The summed E-state index contributed by atoms with van der Waals surface area (Å²) < 4.78 is 5.32. The van der Waals surface area contributed by atoms with Crippen molar-refractivity contribution < 1.29 is 9.53 Å². The van der Waals surface area contributed by atoms with Crippen LogP contribution in [0.2, 0.25) is 0 Å². The molecule has 0 atom stereocenters. The molecule has 0 aromatic carbocycles. The molecule has 0 bridgehead atoms. The van der Waals surface area contributed by atoms with Gasteiger partial charge in [0, 0.05) is 12.6 Å². The fourth-order valence-electron chi connectivity index (χ4n) is 1.46. The fourth-order valence-corrected chi connectivity index (χ4v) is 1.46. The average Bonchev–Trinajstić information content (AvgIpc) is 2.93. The van der Waals surface area contributed by atoms with E-state index in [2.05, 4.69) is 6.92 Å². The van der Waals surface area contributed by atoms with E-state index in [1.807, 2.05) is 18.7 Å². The Hall–Kier alpha value is -0.570. The van der Waals surface area contributed by atoms with Crippen molar-refractivity contribution in [1.29, 1.82) is 0 Å². The van der Waals surface area contributed by atoms with E-state index in [0.717, 1.165) is 13.0 Å². The Kier molecular flexibility index (Phi) is 4.39. The zero-order chi connectivity index (χ0) is 10.6. The number of amides is 1. The van der Waals surface area contributed by atoms with E-state index >= 15 is 0 Å². The molecular formula is C11H21NO2. The maximum absolute atomic E-state index is 11.7. The summed E-state index contributed by atoms with van der Waals surface area (Å²) in [6.07, 6.45) is 3.52. The van der Waals surface area contributed by atoms with Crippen LogP contribution in [0.15, 0.2) is 0 Å². The molecule has 0 aromatic rings. The van der Waals surface area contributed by atoms with Crippen LogP contribution in [0.1, 0.15) is 40.0 Å². The van der Waals surface area contributed by atoms with Gasteiger partial charge in [-0.15, -0.1) is 0 Å². The van der Waals surface area contributed by atoms with E-state index in [9.17, 15) is 4.79 Å². The number of carbonyl (C=O) groups excluding carboxylic acids is 1. The van der Waals surface area contributed by atoms with Crippen LogP contribution in [0.25, 0.3) is 0 Å². The summed E-state index contributed by atoms with van der Waals surface area (Å²) in [5, 5.41) is 0. The lowest BCUT2D eigenvalue weighted by Crippen LogP contribution is -2.37. The van der Waals surface area contributed by atoms with Crippen molar-refractivity contribution >= 4 is 5.91 Å². The molecule has 14 heavy (non-hydrogen) atoms. The second-order valence-electron chi connectivity index (χ2n) is 4.18. The normalized spacial score (nSPS) is 16.0. The van der Waals surface area contributed by atoms with E-state index < -0.39 is 0 Å². The highest BCUT2D eigenvalue weighted by molar-refractivity contribution is 5.78. The molecule has 1 amide bonds. The zero-order valence-corrected chi connectivity index (χ0v) is 9.45. The van der Waals surface area contributed by atoms with E-state index in [0.29, 0.717) is 6.04 Å². The minimum absolute atomic E-state index is 0.140. The zero-order valence-electron chi connectivity index (χ0n) is 9.45. The predicted octanol–water partition coefficient (Wildman–Crippen LogP) is 1.81. The Morgan fingerprint density at radius 3 is 2.57 bits per heavy atom. The minimum Gasteiger partial charge on any atom is -0.369 e. The standard InChI is InChI=1S/C11H21NO2/c1-4-7-12(10-5-6-10)11(13)8-14-9(2)3/h9-10H,4-8H2,1-3H3. The second kappa shape index (κ2) is 5.35. The molecule has 0 aliphatic heterocycles. The first-order chi connectivity index (χ1) is 6.65. The molecule has 1 aliphatic rings. The molecule has 0 aromatic heterocycles. The average molecular weight is 199 g/mol. The van der Waals surface area contributed by atoms with E-state index in [1.165, 1.54) is 12.8 Å². The predicted molar refractivity (Wildman–Crippen MR) is 56.1 cm³/mol. The molecule has 0 unspecified atom stereocenters. The van der Waals surface area contributed by atoms with Crippen molar-refractivity contribution in [2.75, 3.05) is 13.2 Å². The maximum Gasteiger partial charge on any atom is 0.248 e. The Morgan fingerprint density at radius 2 is 2.14 bits per heavy atom. The topological polar surface area (TPSA) is 29.5 Å². The number of hydrogen-bond donors (Lipinski definition) is 0. The van der Waals surface area contributed by atoms with Gasteiger partial charge < -0.3 is 9.64 Å². The van der Waals surface area contributed by atoms with Crippen LogP contribution in [-0.4, -0.2) is 36.1 Å². The van der Waals surface area contributed by atoms with Crippen molar-refractivity contribution in [2.45, 2.75) is 52.2 Å². The first-order valence-corrected chi connectivity index (χ1v) is 5.56. The van der Waals surface area contributed by atoms with Gasteiger partial charge in [-0.25, -0.2) is 0 Å². The van der Waals surface area contributed by atoms with Crippen LogP contribution in [0.5, 0.6) is 0 Å². The number of carbonyl (C=O) groups is 1. The Morgan fingerprint density at radius 1 is 1.50 bits per heavy atom. The summed E-state index contributed by atoms with van der Waals surface area (Å²) in [4.78, 5) is 13.7. The van der Waals surface area contributed by atoms with Crippen molar-refractivity contribution in [3.8, 4) is 0 Å². The van der Waals surface area contributed by atoms with E-state index in [4.69, 9.17) is 4.74 Å². The molecule has 1 rings (SSSR count). The van der Waals surface area contributed by atoms with Gasteiger partial charge in [0.25, 0.3) is 0 Å². The molecule has 1 aliphatic carbocycles. The van der Waals surface area contributed by atoms with Crippen molar-refractivity contribution in [3.63, 3.8) is 0 Å². The molecule has 1 fully saturated rings. The molecule has 1 saturated carbocycles. The van der Waals surface area contributed by atoms with Crippen LogP contribution in [0, 0.1) is 0 Å². The van der Waals surface area contributed by atoms with Gasteiger partial charge in [0.05, 0.1) is 6.10 Å². The monoisotopic (exact) mass is 199 g/mol. The van der Waals surface area contributed by atoms with Crippen molar-refractivity contribution in [1.82, 2.24) is 4.90 Å². The summed E-state index contributed by atoms with van der Waals surface area (Å²) in [6, 6.07) is 0.512. The van der Waals surface area contributed by atoms with Gasteiger partial charge in [-0.2, -0.15) is 0 Å². The fraction of sp³-hybridized carbons (Fsp3) is 0.909. The number of nitrogens with zero attached hydrogens (tertiary/aromatic N) is 1. The summed E-state index contributed by atoms with van der Waals surface area (Å²) in [5.41, 5.74) is 0. The van der Waals surface area contributed by atoms with Gasteiger partial charge in [-0.3, -0.25) is 4.79 Å². The summed E-state index contributed by atoms with van der Waals surface area (Å²) in [5.74, 6) is 0.156. The molecule has 0 heterocycles. The third-order valence-corrected chi connectivity index (χ3v) is 2.31. The quantitative estimate of drug-likeness (QED) is 0.653.